The van der Waals surface area contributed by atoms with Crippen LogP contribution in [0.4, 0.5) is 5.69 Å². The predicted octanol–water partition coefficient (Wildman–Crippen LogP) is 3.19. The van der Waals surface area contributed by atoms with E-state index in [1.807, 2.05) is 29.8 Å². The Kier molecular flexibility index (Phi) is 3.33. The van der Waals surface area contributed by atoms with Gasteiger partial charge in [-0.05, 0) is 67.6 Å². The van der Waals surface area contributed by atoms with Gasteiger partial charge in [0.05, 0.1) is 5.52 Å². The molecule has 1 aromatic heterocycles. The second-order valence-electron chi connectivity index (χ2n) is 5.90. The van der Waals surface area contributed by atoms with Gasteiger partial charge in [-0.2, -0.15) is 0 Å². The lowest BCUT2D eigenvalue weighted by molar-refractivity contribution is 0.102. The topological polar surface area (TPSA) is 59.8 Å². The van der Waals surface area contributed by atoms with Gasteiger partial charge in [-0.1, -0.05) is 11.3 Å². The van der Waals surface area contributed by atoms with Gasteiger partial charge in [0.25, 0.3) is 5.91 Å². The number of rotatable bonds is 3. The summed E-state index contributed by atoms with van der Waals surface area (Å²) in [4.78, 5) is 12.5. The van der Waals surface area contributed by atoms with E-state index in [-0.39, 0.29) is 5.91 Å². The molecule has 0 bridgehead atoms. The number of nitrogens with one attached hydrogen (secondary N) is 1. The number of hydrogen-bond donors (Lipinski definition) is 1. The molecular formula is C18H18N4O. The average Bonchev–Trinajstić information content (AvgIpc) is 3.19. The standard InChI is InChI=1S/C18H18N4O/c1-2-22-17-9-7-14(11-16(17)20-21-22)18(23)19-15-8-6-12-4-3-5-13(12)10-15/h6-11H,2-5H2,1H3,(H,19,23). The number of anilines is 1. The predicted molar refractivity (Wildman–Crippen MR) is 89.6 cm³/mol. The maximum atomic E-state index is 12.5. The summed E-state index contributed by atoms with van der Waals surface area (Å²) in [6.45, 7) is 2.78. The first-order chi connectivity index (χ1) is 11.2. The summed E-state index contributed by atoms with van der Waals surface area (Å²) in [5.41, 5.74) is 5.90. The molecule has 1 aliphatic carbocycles. The zero-order valence-electron chi connectivity index (χ0n) is 13.0. The Hall–Kier alpha value is -2.69. The molecular weight excluding hydrogens is 288 g/mol. The third-order valence-corrected chi connectivity index (χ3v) is 4.43. The fraction of sp³-hybridized carbons (Fsp3) is 0.278. The number of aryl methyl sites for hydroxylation is 3. The summed E-state index contributed by atoms with van der Waals surface area (Å²) in [6, 6.07) is 11.7. The van der Waals surface area contributed by atoms with Crippen molar-refractivity contribution in [2.24, 2.45) is 0 Å². The minimum Gasteiger partial charge on any atom is -0.322 e. The highest BCUT2D eigenvalue weighted by Gasteiger charge is 2.13. The van der Waals surface area contributed by atoms with Gasteiger partial charge < -0.3 is 5.32 Å². The minimum atomic E-state index is -0.115. The molecule has 0 fully saturated rings. The van der Waals surface area contributed by atoms with Crippen LogP contribution in [0.5, 0.6) is 0 Å². The van der Waals surface area contributed by atoms with Crippen LogP contribution in [0.25, 0.3) is 11.0 Å². The number of fused-ring (bicyclic) bond motifs is 2. The summed E-state index contributed by atoms with van der Waals surface area (Å²) in [6.07, 6.45) is 3.45. The van der Waals surface area contributed by atoms with E-state index in [1.165, 1.54) is 17.5 Å². The molecule has 0 aliphatic heterocycles. The molecule has 3 aromatic rings. The Labute approximate surface area is 134 Å². The van der Waals surface area contributed by atoms with E-state index in [1.54, 1.807) is 6.07 Å². The molecule has 0 saturated heterocycles. The largest absolute Gasteiger partial charge is 0.322 e. The fourth-order valence-electron chi connectivity index (χ4n) is 3.20. The van der Waals surface area contributed by atoms with Crippen LogP contribution < -0.4 is 5.32 Å². The lowest BCUT2D eigenvalue weighted by Gasteiger charge is -2.07. The third-order valence-electron chi connectivity index (χ3n) is 4.43. The van der Waals surface area contributed by atoms with Crippen LogP contribution in [0, 0.1) is 0 Å². The smallest absolute Gasteiger partial charge is 0.255 e. The highest BCUT2D eigenvalue weighted by atomic mass is 16.1. The summed E-state index contributed by atoms with van der Waals surface area (Å²) in [5, 5.41) is 11.2. The van der Waals surface area contributed by atoms with E-state index < -0.39 is 0 Å². The van der Waals surface area contributed by atoms with E-state index in [0.717, 1.165) is 36.1 Å². The normalized spacial score (nSPS) is 13.3. The first kappa shape index (κ1) is 13.9. The summed E-state index contributed by atoms with van der Waals surface area (Å²) >= 11 is 0. The first-order valence-corrected chi connectivity index (χ1v) is 8.01. The van der Waals surface area contributed by atoms with Gasteiger partial charge in [-0.3, -0.25) is 4.79 Å². The molecule has 1 aliphatic rings. The molecule has 0 atom stereocenters. The molecule has 0 saturated carbocycles. The van der Waals surface area contributed by atoms with Gasteiger partial charge in [0.2, 0.25) is 0 Å². The Balaban J connectivity index is 1.59. The number of carbonyl (C=O) groups is 1. The molecule has 5 heteroatoms. The zero-order chi connectivity index (χ0) is 15.8. The Morgan fingerprint density at radius 3 is 2.91 bits per heavy atom. The van der Waals surface area contributed by atoms with E-state index in [4.69, 9.17) is 0 Å². The Bertz CT molecular complexity index is 897. The van der Waals surface area contributed by atoms with Crippen molar-refractivity contribution in [1.82, 2.24) is 15.0 Å². The molecule has 1 N–H and O–H groups in total. The number of benzene rings is 2. The molecule has 0 radical (unpaired) electrons. The van der Waals surface area contributed by atoms with Crippen molar-refractivity contribution in [1.29, 1.82) is 0 Å². The molecule has 4 rings (SSSR count). The molecule has 116 valence electrons. The quantitative estimate of drug-likeness (QED) is 0.808. The second kappa shape index (κ2) is 5.50. The van der Waals surface area contributed by atoms with Gasteiger partial charge in [0, 0.05) is 17.8 Å². The molecule has 0 unspecified atom stereocenters. The maximum absolute atomic E-state index is 12.5. The lowest BCUT2D eigenvalue weighted by atomic mass is 10.1. The van der Waals surface area contributed by atoms with Gasteiger partial charge >= 0.3 is 0 Å². The summed E-state index contributed by atoms with van der Waals surface area (Å²) in [7, 11) is 0. The second-order valence-corrected chi connectivity index (χ2v) is 5.90. The Morgan fingerprint density at radius 1 is 1.17 bits per heavy atom. The van der Waals surface area contributed by atoms with Crippen molar-refractivity contribution >= 4 is 22.6 Å². The van der Waals surface area contributed by atoms with E-state index in [0.29, 0.717) is 5.56 Å². The lowest BCUT2D eigenvalue weighted by Crippen LogP contribution is -2.12. The molecule has 5 nitrogen and oxygen atoms in total. The van der Waals surface area contributed by atoms with Crippen molar-refractivity contribution in [3.05, 3.63) is 53.1 Å². The highest BCUT2D eigenvalue weighted by molar-refractivity contribution is 6.05. The Morgan fingerprint density at radius 2 is 2.04 bits per heavy atom. The summed E-state index contributed by atoms with van der Waals surface area (Å²) in [5.74, 6) is -0.115. The van der Waals surface area contributed by atoms with Crippen molar-refractivity contribution in [3.8, 4) is 0 Å². The van der Waals surface area contributed by atoms with Crippen molar-refractivity contribution in [3.63, 3.8) is 0 Å². The van der Waals surface area contributed by atoms with Crippen LogP contribution in [0.2, 0.25) is 0 Å². The van der Waals surface area contributed by atoms with Crippen LogP contribution >= 0.6 is 0 Å². The number of nitrogens with zero attached hydrogens (tertiary/aromatic N) is 3. The molecule has 23 heavy (non-hydrogen) atoms. The SMILES string of the molecule is CCn1nnc2cc(C(=O)Nc3ccc4c(c3)CCC4)ccc21. The van der Waals surface area contributed by atoms with E-state index in [2.05, 4.69) is 27.8 Å². The highest BCUT2D eigenvalue weighted by Crippen LogP contribution is 2.25. The van der Waals surface area contributed by atoms with E-state index in [9.17, 15) is 4.79 Å². The average molecular weight is 306 g/mol. The fourth-order valence-corrected chi connectivity index (χ4v) is 3.20. The van der Waals surface area contributed by atoms with Gasteiger partial charge in [-0.25, -0.2) is 4.68 Å². The minimum absolute atomic E-state index is 0.115. The number of carbonyl (C=O) groups excluding carboxylic acids is 1. The van der Waals surface area contributed by atoms with Crippen LogP contribution in [0.15, 0.2) is 36.4 Å². The first-order valence-electron chi connectivity index (χ1n) is 8.01. The number of aromatic nitrogens is 3. The van der Waals surface area contributed by atoms with Crippen LogP contribution in [-0.2, 0) is 19.4 Å². The third kappa shape index (κ3) is 2.48. The molecule has 2 aromatic carbocycles. The summed E-state index contributed by atoms with van der Waals surface area (Å²) < 4.78 is 1.82. The molecule has 1 amide bonds. The number of amides is 1. The van der Waals surface area contributed by atoms with Crippen LogP contribution in [-0.4, -0.2) is 20.9 Å². The monoisotopic (exact) mass is 306 g/mol. The maximum Gasteiger partial charge on any atom is 0.255 e. The van der Waals surface area contributed by atoms with Crippen molar-refractivity contribution < 1.29 is 4.79 Å². The van der Waals surface area contributed by atoms with E-state index >= 15 is 0 Å². The van der Waals surface area contributed by atoms with Crippen molar-refractivity contribution in [2.45, 2.75) is 32.7 Å². The zero-order valence-corrected chi connectivity index (χ0v) is 13.0. The van der Waals surface area contributed by atoms with Crippen LogP contribution in [0.3, 0.4) is 0 Å². The van der Waals surface area contributed by atoms with Crippen molar-refractivity contribution in [2.75, 3.05) is 5.32 Å². The van der Waals surface area contributed by atoms with Gasteiger partial charge in [0.15, 0.2) is 0 Å². The molecule has 0 spiro atoms. The van der Waals surface area contributed by atoms with Gasteiger partial charge in [-0.15, -0.1) is 5.10 Å². The van der Waals surface area contributed by atoms with Gasteiger partial charge in [0.1, 0.15) is 5.52 Å². The number of hydrogen-bond acceptors (Lipinski definition) is 3. The van der Waals surface area contributed by atoms with Crippen LogP contribution in [0.1, 0.15) is 34.8 Å². The molecule has 1 heterocycles.